The summed E-state index contributed by atoms with van der Waals surface area (Å²) in [6.45, 7) is 7.36. The summed E-state index contributed by atoms with van der Waals surface area (Å²) in [5, 5.41) is 11.7. The first-order valence-corrected chi connectivity index (χ1v) is 6.33. The Bertz CT molecular complexity index is 483. The standard InChI is InChI=1S/C12H18N4OS/c1-7-8(2)15-16-11(9(7)10(13)18)14-12(3)4-5-17-6-12/h4-6H2,1-3H3,(H2,13,18)(H,14,16). The summed E-state index contributed by atoms with van der Waals surface area (Å²) in [7, 11) is 0. The fourth-order valence-electron chi connectivity index (χ4n) is 2.05. The van der Waals surface area contributed by atoms with Gasteiger partial charge in [0.25, 0.3) is 0 Å². The second-order valence-corrected chi connectivity index (χ2v) is 5.43. The van der Waals surface area contributed by atoms with Gasteiger partial charge in [-0.3, -0.25) is 0 Å². The summed E-state index contributed by atoms with van der Waals surface area (Å²) in [4.78, 5) is 0.343. The number of ether oxygens (including phenoxy) is 1. The number of nitrogens with zero attached hydrogens (tertiary/aromatic N) is 2. The minimum absolute atomic E-state index is 0.129. The lowest BCUT2D eigenvalue weighted by Gasteiger charge is -2.25. The molecule has 0 saturated carbocycles. The van der Waals surface area contributed by atoms with Crippen molar-refractivity contribution in [2.24, 2.45) is 5.73 Å². The third-order valence-corrected chi connectivity index (χ3v) is 3.54. The van der Waals surface area contributed by atoms with Crippen LogP contribution in [0, 0.1) is 13.8 Å². The summed E-state index contributed by atoms with van der Waals surface area (Å²) in [5.74, 6) is 0.651. The molecule has 1 aliphatic heterocycles. The Morgan fingerprint density at radius 2 is 2.17 bits per heavy atom. The minimum atomic E-state index is -0.129. The number of hydrogen-bond acceptors (Lipinski definition) is 5. The Hall–Kier alpha value is -1.27. The van der Waals surface area contributed by atoms with Gasteiger partial charge in [0.1, 0.15) is 4.99 Å². The van der Waals surface area contributed by atoms with E-state index in [0.29, 0.717) is 17.4 Å². The quantitative estimate of drug-likeness (QED) is 0.804. The van der Waals surface area contributed by atoms with E-state index in [2.05, 4.69) is 22.4 Å². The maximum Gasteiger partial charge on any atom is 0.159 e. The van der Waals surface area contributed by atoms with Gasteiger partial charge in [0.05, 0.1) is 23.4 Å². The highest BCUT2D eigenvalue weighted by atomic mass is 32.1. The molecule has 0 radical (unpaired) electrons. The van der Waals surface area contributed by atoms with Crippen molar-refractivity contribution < 1.29 is 4.74 Å². The highest BCUT2D eigenvalue weighted by Gasteiger charge is 2.31. The first kappa shape index (κ1) is 13.2. The monoisotopic (exact) mass is 266 g/mol. The maximum absolute atomic E-state index is 5.79. The van der Waals surface area contributed by atoms with Crippen LogP contribution in [0.15, 0.2) is 0 Å². The van der Waals surface area contributed by atoms with Gasteiger partial charge in [-0.05, 0) is 32.8 Å². The smallest absolute Gasteiger partial charge is 0.159 e. The SMILES string of the molecule is Cc1nnc(NC2(C)CCOC2)c(C(N)=S)c1C. The number of aromatic nitrogens is 2. The lowest BCUT2D eigenvalue weighted by molar-refractivity contribution is 0.185. The average molecular weight is 266 g/mol. The number of nitrogens with two attached hydrogens (primary N) is 1. The van der Waals surface area contributed by atoms with Crippen molar-refractivity contribution in [1.29, 1.82) is 0 Å². The van der Waals surface area contributed by atoms with Crippen LogP contribution in [0.3, 0.4) is 0 Å². The molecule has 1 aromatic heterocycles. The third-order valence-electron chi connectivity index (χ3n) is 3.34. The summed E-state index contributed by atoms with van der Waals surface area (Å²) in [5.41, 5.74) is 8.27. The van der Waals surface area contributed by atoms with Crippen molar-refractivity contribution in [3.8, 4) is 0 Å². The molecule has 0 bridgehead atoms. The minimum Gasteiger partial charge on any atom is -0.389 e. The second-order valence-electron chi connectivity index (χ2n) is 4.99. The molecule has 1 atom stereocenters. The summed E-state index contributed by atoms with van der Waals surface area (Å²) in [6.07, 6.45) is 0.929. The normalized spacial score (nSPS) is 23.1. The van der Waals surface area contributed by atoms with Crippen molar-refractivity contribution in [3.05, 3.63) is 16.8 Å². The van der Waals surface area contributed by atoms with Crippen LogP contribution < -0.4 is 11.1 Å². The van der Waals surface area contributed by atoms with Gasteiger partial charge in [-0.2, -0.15) is 5.10 Å². The number of anilines is 1. The Balaban J connectivity index is 2.38. The van der Waals surface area contributed by atoms with Crippen LogP contribution in [0.4, 0.5) is 5.82 Å². The second kappa shape index (κ2) is 4.78. The molecular weight excluding hydrogens is 248 g/mol. The number of nitrogens with one attached hydrogen (secondary N) is 1. The van der Waals surface area contributed by atoms with Gasteiger partial charge in [-0.25, -0.2) is 0 Å². The van der Waals surface area contributed by atoms with Gasteiger partial charge < -0.3 is 15.8 Å². The molecular formula is C12H18N4OS. The highest BCUT2D eigenvalue weighted by Crippen LogP contribution is 2.26. The van der Waals surface area contributed by atoms with Gasteiger partial charge in [-0.15, -0.1) is 5.10 Å². The summed E-state index contributed by atoms with van der Waals surface area (Å²) in [6, 6.07) is 0. The van der Waals surface area contributed by atoms with E-state index in [9.17, 15) is 0 Å². The van der Waals surface area contributed by atoms with Gasteiger partial charge in [0.2, 0.25) is 0 Å². The van der Waals surface area contributed by atoms with Crippen molar-refractivity contribution in [2.45, 2.75) is 32.7 Å². The fraction of sp³-hybridized carbons (Fsp3) is 0.583. The van der Waals surface area contributed by atoms with Crippen LogP contribution in [0.2, 0.25) is 0 Å². The molecule has 2 heterocycles. The van der Waals surface area contributed by atoms with E-state index in [1.54, 1.807) is 0 Å². The fourth-order valence-corrected chi connectivity index (χ4v) is 2.30. The molecule has 1 unspecified atom stereocenters. The van der Waals surface area contributed by atoms with Crippen LogP contribution >= 0.6 is 12.2 Å². The number of aryl methyl sites for hydroxylation is 1. The van der Waals surface area contributed by atoms with E-state index in [4.69, 9.17) is 22.7 Å². The topological polar surface area (TPSA) is 73.1 Å². The van der Waals surface area contributed by atoms with Gasteiger partial charge >= 0.3 is 0 Å². The van der Waals surface area contributed by atoms with Gasteiger partial charge in [0.15, 0.2) is 5.82 Å². The predicted molar refractivity (Wildman–Crippen MR) is 74.9 cm³/mol. The zero-order chi connectivity index (χ0) is 13.3. The number of thiocarbonyl (C=S) groups is 1. The van der Waals surface area contributed by atoms with Crippen LogP contribution in [0.1, 0.15) is 30.2 Å². The van der Waals surface area contributed by atoms with E-state index < -0.39 is 0 Å². The number of rotatable bonds is 3. The molecule has 1 aromatic rings. The molecule has 1 aliphatic rings. The molecule has 6 heteroatoms. The van der Waals surface area contributed by atoms with Gasteiger partial charge in [0, 0.05) is 6.61 Å². The van der Waals surface area contributed by atoms with Crippen LogP contribution in [-0.2, 0) is 4.74 Å². The summed E-state index contributed by atoms with van der Waals surface area (Å²) >= 11 is 5.11. The lowest BCUT2D eigenvalue weighted by Crippen LogP contribution is -2.36. The van der Waals surface area contributed by atoms with Crippen LogP contribution in [-0.4, -0.2) is 33.9 Å². The Kier molecular flexibility index (Phi) is 3.49. The highest BCUT2D eigenvalue weighted by molar-refractivity contribution is 7.80. The number of hydrogen-bond donors (Lipinski definition) is 2. The molecule has 0 spiro atoms. The Labute approximate surface area is 112 Å². The molecule has 98 valence electrons. The van der Waals surface area contributed by atoms with Crippen molar-refractivity contribution in [1.82, 2.24) is 10.2 Å². The Morgan fingerprint density at radius 1 is 1.44 bits per heavy atom. The molecule has 0 aliphatic carbocycles. The molecule has 2 rings (SSSR count). The maximum atomic E-state index is 5.79. The van der Waals surface area contributed by atoms with Crippen LogP contribution in [0.25, 0.3) is 0 Å². The van der Waals surface area contributed by atoms with Crippen molar-refractivity contribution in [2.75, 3.05) is 18.5 Å². The molecule has 18 heavy (non-hydrogen) atoms. The van der Waals surface area contributed by atoms with E-state index in [1.165, 1.54) is 0 Å². The van der Waals surface area contributed by atoms with E-state index in [-0.39, 0.29) is 5.54 Å². The Morgan fingerprint density at radius 3 is 2.72 bits per heavy atom. The van der Waals surface area contributed by atoms with E-state index >= 15 is 0 Å². The zero-order valence-electron chi connectivity index (χ0n) is 10.9. The first-order valence-electron chi connectivity index (χ1n) is 5.92. The molecule has 1 saturated heterocycles. The first-order chi connectivity index (χ1) is 8.43. The molecule has 0 amide bonds. The molecule has 1 fully saturated rings. The van der Waals surface area contributed by atoms with Crippen molar-refractivity contribution >= 4 is 23.0 Å². The zero-order valence-corrected chi connectivity index (χ0v) is 11.7. The van der Waals surface area contributed by atoms with Crippen LogP contribution in [0.5, 0.6) is 0 Å². The molecule has 5 nitrogen and oxygen atoms in total. The third kappa shape index (κ3) is 2.44. The summed E-state index contributed by atoms with van der Waals surface area (Å²) < 4.78 is 5.41. The molecule has 0 aromatic carbocycles. The van der Waals surface area contributed by atoms with Crippen molar-refractivity contribution in [3.63, 3.8) is 0 Å². The van der Waals surface area contributed by atoms with E-state index in [0.717, 1.165) is 29.8 Å². The van der Waals surface area contributed by atoms with E-state index in [1.807, 2.05) is 13.8 Å². The van der Waals surface area contributed by atoms with Gasteiger partial charge in [-0.1, -0.05) is 12.2 Å². The average Bonchev–Trinajstić information content (AvgIpc) is 2.70. The predicted octanol–water partition coefficient (Wildman–Crippen LogP) is 1.32. The lowest BCUT2D eigenvalue weighted by atomic mass is 10.0. The molecule has 3 N–H and O–H groups in total. The largest absolute Gasteiger partial charge is 0.389 e.